The van der Waals surface area contributed by atoms with Crippen LogP contribution in [0.1, 0.15) is 26.2 Å². The maximum Gasteiger partial charge on any atom is 0.241 e. The van der Waals surface area contributed by atoms with Gasteiger partial charge in [0.25, 0.3) is 0 Å². The summed E-state index contributed by atoms with van der Waals surface area (Å²) in [5.41, 5.74) is 0.799. The Kier molecular flexibility index (Phi) is 5.71. The Balaban J connectivity index is 1.68. The molecule has 3 rings (SSSR count). The van der Waals surface area contributed by atoms with Gasteiger partial charge in [0.15, 0.2) is 0 Å². The van der Waals surface area contributed by atoms with Crippen LogP contribution in [0.3, 0.4) is 0 Å². The van der Waals surface area contributed by atoms with Crippen molar-refractivity contribution in [3.63, 3.8) is 0 Å². The smallest absolute Gasteiger partial charge is 0.241 e. The van der Waals surface area contributed by atoms with Gasteiger partial charge in [-0.05, 0) is 77.1 Å². The molecule has 0 bridgehead atoms. The lowest BCUT2D eigenvalue weighted by Crippen LogP contribution is -2.59. The van der Waals surface area contributed by atoms with Crippen LogP contribution < -0.4 is 10.6 Å². The molecule has 0 radical (unpaired) electrons. The van der Waals surface area contributed by atoms with E-state index in [0.717, 1.165) is 52.0 Å². The number of carbonyl (C=O) groups excluding carboxylic acids is 1. The second kappa shape index (κ2) is 7.81. The molecule has 0 aliphatic carbocycles. The van der Waals surface area contributed by atoms with Crippen molar-refractivity contribution < 1.29 is 9.18 Å². The van der Waals surface area contributed by atoms with Gasteiger partial charge < -0.3 is 10.6 Å². The largest absolute Gasteiger partial charge is 0.325 e. The molecule has 2 fully saturated rings. The van der Waals surface area contributed by atoms with Crippen molar-refractivity contribution in [2.24, 2.45) is 0 Å². The summed E-state index contributed by atoms with van der Waals surface area (Å²) in [4.78, 5) is 17.5. The summed E-state index contributed by atoms with van der Waals surface area (Å²) in [6, 6.07) is 5.73. The van der Waals surface area contributed by atoms with Gasteiger partial charge in [-0.2, -0.15) is 0 Å². The number of rotatable bonds is 3. The van der Waals surface area contributed by atoms with Crippen molar-refractivity contribution in [2.75, 3.05) is 45.1 Å². The highest BCUT2D eigenvalue weighted by Gasteiger charge is 2.40. The van der Waals surface area contributed by atoms with Crippen molar-refractivity contribution in [2.45, 2.75) is 37.8 Å². The van der Waals surface area contributed by atoms with E-state index < -0.39 is 0 Å². The Bertz CT molecular complexity index is 586. The van der Waals surface area contributed by atoms with Gasteiger partial charge in [-0.1, -0.05) is 0 Å². The number of carbonyl (C=O) groups is 1. The van der Waals surface area contributed by atoms with Crippen molar-refractivity contribution in [1.29, 1.82) is 0 Å². The molecule has 1 atom stereocenters. The molecule has 5 nitrogen and oxygen atoms in total. The lowest BCUT2D eigenvalue weighted by atomic mass is 9.86. The minimum atomic E-state index is -0.297. The highest BCUT2D eigenvalue weighted by atomic mass is 19.1. The van der Waals surface area contributed by atoms with E-state index in [9.17, 15) is 9.18 Å². The van der Waals surface area contributed by atoms with E-state index in [0.29, 0.717) is 5.69 Å². The van der Waals surface area contributed by atoms with Crippen LogP contribution >= 0.6 is 0 Å². The van der Waals surface area contributed by atoms with Crippen LogP contribution in [0.4, 0.5) is 10.1 Å². The standard InChI is InChI=1S/C19H29FN4O/c1-15(18(25)22-17-6-4-16(20)5-7-17)24-13-3-12-23(2)19(14-24)8-10-21-11-9-19/h4-7,15,21H,3,8-14H2,1-2H3,(H,22,25)/t15-/m1/s1. The Morgan fingerprint density at radius 3 is 2.60 bits per heavy atom. The summed E-state index contributed by atoms with van der Waals surface area (Å²) >= 11 is 0. The molecule has 2 N–H and O–H groups in total. The van der Waals surface area contributed by atoms with Crippen LogP contribution in [0.25, 0.3) is 0 Å². The molecule has 138 valence electrons. The zero-order chi connectivity index (χ0) is 17.9. The van der Waals surface area contributed by atoms with Crippen molar-refractivity contribution in [3.05, 3.63) is 30.1 Å². The molecular formula is C19H29FN4O. The molecule has 1 aromatic rings. The third-order valence-corrected chi connectivity index (χ3v) is 5.82. The maximum atomic E-state index is 13.0. The molecule has 1 spiro atoms. The number of hydrogen-bond acceptors (Lipinski definition) is 4. The van der Waals surface area contributed by atoms with E-state index in [1.165, 1.54) is 12.1 Å². The summed E-state index contributed by atoms with van der Waals surface area (Å²) in [6.07, 6.45) is 3.30. The first kappa shape index (κ1) is 18.3. The van der Waals surface area contributed by atoms with Crippen LogP contribution in [0.5, 0.6) is 0 Å². The third kappa shape index (κ3) is 4.19. The summed E-state index contributed by atoms with van der Waals surface area (Å²) in [7, 11) is 2.22. The summed E-state index contributed by atoms with van der Waals surface area (Å²) < 4.78 is 13.0. The highest BCUT2D eigenvalue weighted by molar-refractivity contribution is 5.94. The van der Waals surface area contributed by atoms with Crippen molar-refractivity contribution in [1.82, 2.24) is 15.1 Å². The number of piperidine rings is 1. The fraction of sp³-hybridized carbons (Fsp3) is 0.632. The Morgan fingerprint density at radius 1 is 1.24 bits per heavy atom. The van der Waals surface area contributed by atoms with Gasteiger partial charge in [0.05, 0.1) is 6.04 Å². The fourth-order valence-electron chi connectivity index (χ4n) is 4.03. The molecule has 2 saturated heterocycles. The van der Waals surface area contributed by atoms with Crippen LogP contribution in [0.15, 0.2) is 24.3 Å². The zero-order valence-corrected chi connectivity index (χ0v) is 15.2. The number of amides is 1. The van der Waals surface area contributed by atoms with Crippen LogP contribution in [-0.2, 0) is 4.79 Å². The number of anilines is 1. The lowest BCUT2D eigenvalue weighted by Gasteiger charge is -2.46. The normalized spacial score (nSPS) is 23.2. The minimum absolute atomic E-state index is 0.0276. The van der Waals surface area contributed by atoms with E-state index in [1.807, 2.05) is 6.92 Å². The van der Waals surface area contributed by atoms with Gasteiger partial charge >= 0.3 is 0 Å². The number of benzene rings is 1. The number of nitrogens with zero attached hydrogens (tertiary/aromatic N) is 2. The molecular weight excluding hydrogens is 319 g/mol. The number of nitrogens with one attached hydrogen (secondary N) is 2. The first-order chi connectivity index (χ1) is 12.0. The number of halogens is 1. The molecule has 2 aliphatic heterocycles. The molecule has 1 aromatic carbocycles. The monoisotopic (exact) mass is 348 g/mol. The van der Waals surface area contributed by atoms with Gasteiger partial charge in [0, 0.05) is 24.3 Å². The quantitative estimate of drug-likeness (QED) is 0.876. The Labute approximate surface area is 149 Å². The fourth-order valence-corrected chi connectivity index (χ4v) is 4.03. The predicted molar refractivity (Wildman–Crippen MR) is 98.1 cm³/mol. The van der Waals surface area contributed by atoms with Crippen LogP contribution in [0.2, 0.25) is 0 Å². The van der Waals surface area contributed by atoms with Gasteiger partial charge in [-0.3, -0.25) is 14.6 Å². The summed E-state index contributed by atoms with van der Waals surface area (Å²) in [6.45, 7) is 6.96. The third-order valence-electron chi connectivity index (χ3n) is 5.82. The van der Waals surface area contributed by atoms with Crippen molar-refractivity contribution >= 4 is 11.6 Å². The molecule has 0 unspecified atom stereocenters. The molecule has 2 aliphatic rings. The van der Waals surface area contributed by atoms with E-state index in [1.54, 1.807) is 12.1 Å². The van der Waals surface area contributed by atoms with Crippen LogP contribution in [-0.4, -0.2) is 67.1 Å². The zero-order valence-electron chi connectivity index (χ0n) is 15.2. The Hall–Kier alpha value is -1.50. The SMILES string of the molecule is C[C@H](C(=O)Nc1ccc(F)cc1)N1CCCN(C)C2(CCNCC2)C1. The second-order valence-corrected chi connectivity index (χ2v) is 7.39. The highest BCUT2D eigenvalue weighted by Crippen LogP contribution is 2.29. The van der Waals surface area contributed by atoms with E-state index in [2.05, 4.69) is 27.5 Å². The molecule has 6 heteroatoms. The molecule has 0 saturated carbocycles. The maximum absolute atomic E-state index is 13.0. The van der Waals surface area contributed by atoms with E-state index >= 15 is 0 Å². The molecule has 0 aromatic heterocycles. The topological polar surface area (TPSA) is 47.6 Å². The van der Waals surface area contributed by atoms with Gasteiger partial charge in [-0.15, -0.1) is 0 Å². The second-order valence-electron chi connectivity index (χ2n) is 7.39. The molecule has 1 amide bonds. The molecule has 2 heterocycles. The van der Waals surface area contributed by atoms with E-state index in [4.69, 9.17) is 0 Å². The van der Waals surface area contributed by atoms with Crippen LogP contribution in [0, 0.1) is 5.82 Å². The number of likely N-dealkylation sites (N-methyl/N-ethyl adjacent to an activating group) is 1. The first-order valence-electron chi connectivity index (χ1n) is 9.23. The van der Waals surface area contributed by atoms with Gasteiger partial charge in [-0.25, -0.2) is 4.39 Å². The average molecular weight is 348 g/mol. The summed E-state index contributed by atoms with van der Waals surface area (Å²) in [5, 5.41) is 6.36. The lowest BCUT2D eigenvalue weighted by molar-refractivity contribution is -0.121. The molecule has 25 heavy (non-hydrogen) atoms. The Morgan fingerprint density at radius 2 is 1.92 bits per heavy atom. The predicted octanol–water partition coefficient (Wildman–Crippen LogP) is 1.91. The van der Waals surface area contributed by atoms with Gasteiger partial charge in [0.1, 0.15) is 5.82 Å². The summed E-state index contributed by atoms with van der Waals surface area (Å²) in [5.74, 6) is -0.324. The van der Waals surface area contributed by atoms with Gasteiger partial charge in [0.2, 0.25) is 5.91 Å². The average Bonchev–Trinajstić information content (AvgIpc) is 2.77. The number of hydrogen-bond donors (Lipinski definition) is 2. The van der Waals surface area contributed by atoms with Crippen molar-refractivity contribution in [3.8, 4) is 0 Å². The minimum Gasteiger partial charge on any atom is -0.325 e. The van der Waals surface area contributed by atoms with E-state index in [-0.39, 0.29) is 23.3 Å². The first-order valence-corrected chi connectivity index (χ1v) is 9.23.